The van der Waals surface area contributed by atoms with Crippen molar-refractivity contribution in [3.63, 3.8) is 0 Å². The van der Waals surface area contributed by atoms with E-state index in [0.29, 0.717) is 16.2 Å². The van der Waals surface area contributed by atoms with Crippen LogP contribution in [0.25, 0.3) is 0 Å². The van der Waals surface area contributed by atoms with Gasteiger partial charge in [-0.2, -0.15) is 0 Å². The fourth-order valence-electron chi connectivity index (χ4n) is 2.82. The van der Waals surface area contributed by atoms with Gasteiger partial charge < -0.3 is 0 Å². The van der Waals surface area contributed by atoms with Crippen molar-refractivity contribution >= 4 is 0 Å². The Balaban J connectivity index is 2.36. The van der Waals surface area contributed by atoms with E-state index in [1.165, 1.54) is 6.42 Å². The third-order valence-electron chi connectivity index (χ3n) is 4.45. The van der Waals surface area contributed by atoms with Crippen LogP contribution in [-0.4, -0.2) is 0 Å². The van der Waals surface area contributed by atoms with Gasteiger partial charge in [-0.3, -0.25) is 0 Å². The number of hydrogen-bond acceptors (Lipinski definition) is 0. The molecule has 0 radical (unpaired) electrons. The first-order chi connectivity index (χ1) is 6.31. The number of allylic oxidation sites excluding steroid dienone is 4. The van der Waals surface area contributed by atoms with Crippen LogP contribution in [0.15, 0.2) is 24.3 Å². The Morgan fingerprint density at radius 1 is 1.00 bits per heavy atom. The summed E-state index contributed by atoms with van der Waals surface area (Å²) in [4.78, 5) is 0. The molecule has 2 rings (SSSR count). The van der Waals surface area contributed by atoms with Crippen molar-refractivity contribution in [2.24, 2.45) is 22.2 Å². The minimum absolute atomic E-state index is 0.331. The largest absolute Gasteiger partial charge is 0.0774 e. The molecule has 0 spiro atoms. The molecule has 0 unspecified atom stereocenters. The Labute approximate surface area is 88.1 Å². The topological polar surface area (TPSA) is 0 Å². The molecule has 0 atom stereocenters. The molecule has 2 bridgehead atoms. The second-order valence-corrected chi connectivity index (χ2v) is 6.40. The van der Waals surface area contributed by atoms with Gasteiger partial charge in [0.2, 0.25) is 0 Å². The highest BCUT2D eigenvalue weighted by Crippen LogP contribution is 2.61. The van der Waals surface area contributed by atoms with Crippen LogP contribution in [0.3, 0.4) is 0 Å². The monoisotopic (exact) mass is 190 g/mol. The van der Waals surface area contributed by atoms with E-state index in [4.69, 9.17) is 0 Å². The van der Waals surface area contributed by atoms with Gasteiger partial charge in [-0.1, -0.05) is 58.9 Å². The Morgan fingerprint density at radius 3 is 1.71 bits per heavy atom. The van der Waals surface area contributed by atoms with E-state index in [9.17, 15) is 0 Å². The maximum atomic E-state index is 2.45. The zero-order chi connectivity index (χ0) is 10.6. The Kier molecular flexibility index (Phi) is 1.81. The molecule has 2 aliphatic rings. The third-order valence-corrected chi connectivity index (χ3v) is 4.45. The zero-order valence-corrected chi connectivity index (χ0v) is 10.1. The Bertz CT molecular complexity index is 282. The minimum atomic E-state index is 0.331. The van der Waals surface area contributed by atoms with Gasteiger partial charge in [0.1, 0.15) is 0 Å². The summed E-state index contributed by atoms with van der Waals surface area (Å²) in [6.45, 7) is 11.7. The predicted octanol–water partition coefficient (Wildman–Crippen LogP) is 4.19. The molecule has 0 amide bonds. The summed E-state index contributed by atoms with van der Waals surface area (Å²) in [5, 5.41) is 0. The van der Waals surface area contributed by atoms with Gasteiger partial charge in [0.05, 0.1) is 0 Å². The fourth-order valence-corrected chi connectivity index (χ4v) is 2.82. The molecular formula is C14H22. The number of hydrogen-bond donors (Lipinski definition) is 0. The van der Waals surface area contributed by atoms with E-state index in [2.05, 4.69) is 58.9 Å². The first-order valence-electron chi connectivity index (χ1n) is 5.72. The van der Waals surface area contributed by atoms with E-state index in [1.807, 2.05) is 0 Å². The highest BCUT2D eigenvalue weighted by atomic mass is 14.6. The van der Waals surface area contributed by atoms with E-state index < -0.39 is 0 Å². The molecule has 0 saturated heterocycles. The molecule has 0 N–H and O–H groups in total. The smallest absolute Gasteiger partial charge is 0.0121 e. The standard InChI is InChI=1S/C14H22/c1-11(2)13-6-8-14(10-13,9-7-13)12(3,4)5/h6-9,11H,10H2,1-5H3. The third kappa shape index (κ3) is 1.06. The predicted molar refractivity (Wildman–Crippen MR) is 62.1 cm³/mol. The van der Waals surface area contributed by atoms with Crippen LogP contribution in [-0.2, 0) is 0 Å². The molecule has 14 heavy (non-hydrogen) atoms. The van der Waals surface area contributed by atoms with Crippen LogP contribution >= 0.6 is 0 Å². The first kappa shape index (κ1) is 10.0. The van der Waals surface area contributed by atoms with Crippen molar-refractivity contribution < 1.29 is 0 Å². The first-order valence-corrected chi connectivity index (χ1v) is 5.72. The molecule has 0 aromatic rings. The van der Waals surface area contributed by atoms with Crippen LogP contribution in [0.4, 0.5) is 0 Å². The molecule has 0 saturated carbocycles. The zero-order valence-electron chi connectivity index (χ0n) is 10.1. The van der Waals surface area contributed by atoms with Gasteiger partial charge in [0.25, 0.3) is 0 Å². The van der Waals surface area contributed by atoms with Crippen LogP contribution in [0, 0.1) is 22.2 Å². The quantitative estimate of drug-likeness (QED) is 0.544. The summed E-state index contributed by atoms with van der Waals surface area (Å²) < 4.78 is 0. The molecule has 0 aliphatic heterocycles. The average Bonchev–Trinajstić information content (AvgIpc) is 2.59. The van der Waals surface area contributed by atoms with Crippen molar-refractivity contribution in [2.75, 3.05) is 0 Å². The molecule has 0 heterocycles. The lowest BCUT2D eigenvalue weighted by atomic mass is 9.66. The lowest BCUT2D eigenvalue weighted by Crippen LogP contribution is -2.30. The van der Waals surface area contributed by atoms with E-state index in [-0.39, 0.29) is 0 Å². The molecule has 0 fully saturated rings. The van der Waals surface area contributed by atoms with Gasteiger partial charge in [-0.15, -0.1) is 0 Å². The van der Waals surface area contributed by atoms with E-state index in [0.717, 1.165) is 5.92 Å². The summed E-state index contributed by atoms with van der Waals surface area (Å²) in [5.41, 5.74) is 1.05. The summed E-state index contributed by atoms with van der Waals surface area (Å²) in [6, 6.07) is 0. The Morgan fingerprint density at radius 2 is 1.50 bits per heavy atom. The van der Waals surface area contributed by atoms with E-state index in [1.54, 1.807) is 0 Å². The highest BCUT2D eigenvalue weighted by Gasteiger charge is 2.52. The van der Waals surface area contributed by atoms with Crippen molar-refractivity contribution in [1.29, 1.82) is 0 Å². The van der Waals surface area contributed by atoms with Crippen LogP contribution in [0.1, 0.15) is 41.0 Å². The van der Waals surface area contributed by atoms with Crippen molar-refractivity contribution in [1.82, 2.24) is 0 Å². The summed E-state index contributed by atoms with van der Waals surface area (Å²) in [5.74, 6) is 0.724. The lowest BCUT2D eigenvalue weighted by molar-refractivity contribution is 0.173. The van der Waals surface area contributed by atoms with Crippen LogP contribution in [0.2, 0.25) is 0 Å². The molecule has 0 aromatic carbocycles. The average molecular weight is 190 g/mol. The van der Waals surface area contributed by atoms with Gasteiger partial charge >= 0.3 is 0 Å². The second-order valence-electron chi connectivity index (χ2n) is 6.40. The van der Waals surface area contributed by atoms with Gasteiger partial charge in [-0.25, -0.2) is 0 Å². The SMILES string of the molecule is CC(C)C12C=CC(C(C)(C)C)(C=C1)C2. The molecular weight excluding hydrogens is 168 g/mol. The molecule has 0 aromatic heterocycles. The molecule has 0 heteroatoms. The van der Waals surface area contributed by atoms with Crippen molar-refractivity contribution in [3.05, 3.63) is 24.3 Å². The Hall–Kier alpha value is -0.520. The maximum absolute atomic E-state index is 2.45. The van der Waals surface area contributed by atoms with Crippen LogP contribution in [0.5, 0.6) is 0 Å². The fraction of sp³-hybridized carbons (Fsp3) is 0.714. The van der Waals surface area contributed by atoms with Crippen molar-refractivity contribution in [3.8, 4) is 0 Å². The molecule has 0 nitrogen and oxygen atoms in total. The van der Waals surface area contributed by atoms with Crippen LogP contribution < -0.4 is 0 Å². The van der Waals surface area contributed by atoms with Gasteiger partial charge in [0.15, 0.2) is 0 Å². The van der Waals surface area contributed by atoms with Gasteiger partial charge in [0, 0.05) is 10.8 Å². The summed E-state index contributed by atoms with van der Waals surface area (Å²) in [6.07, 6.45) is 11.1. The van der Waals surface area contributed by atoms with Crippen molar-refractivity contribution in [2.45, 2.75) is 41.0 Å². The second kappa shape index (κ2) is 2.53. The lowest BCUT2D eigenvalue weighted by Gasteiger charge is -2.37. The summed E-state index contributed by atoms with van der Waals surface area (Å²) in [7, 11) is 0. The molecule has 2 aliphatic carbocycles. The maximum Gasteiger partial charge on any atom is 0.0121 e. The highest BCUT2D eigenvalue weighted by molar-refractivity contribution is 5.37. The normalized spacial score (nSPS) is 40.1. The minimum Gasteiger partial charge on any atom is -0.0774 e. The summed E-state index contributed by atoms with van der Waals surface area (Å²) >= 11 is 0. The van der Waals surface area contributed by atoms with Gasteiger partial charge in [-0.05, 0) is 17.8 Å². The van der Waals surface area contributed by atoms with E-state index >= 15 is 0 Å². The number of fused-ring (bicyclic) bond motifs is 2. The number of rotatable bonds is 1. The molecule has 78 valence electrons.